The standard InChI is InChI=1S/C18H26FN3O2/c1-20-17(24)18(11-5-4-6-12-18)21-16(23)15(22(2)3)13-7-9-14(19)10-8-13/h7-10,15H,4-6,11-12H2,1-3H3,(H,20,24)(H,21,23)/t15-/m0/s1. The molecule has 0 spiro atoms. The molecule has 1 fully saturated rings. The number of halogens is 1. The molecule has 2 N–H and O–H groups in total. The highest BCUT2D eigenvalue weighted by Crippen LogP contribution is 2.30. The van der Waals surface area contributed by atoms with Gasteiger partial charge >= 0.3 is 0 Å². The average molecular weight is 335 g/mol. The molecule has 6 heteroatoms. The average Bonchev–Trinajstić information content (AvgIpc) is 2.56. The van der Waals surface area contributed by atoms with Crippen LogP contribution in [-0.4, -0.2) is 43.4 Å². The number of hydrogen-bond acceptors (Lipinski definition) is 3. The van der Waals surface area contributed by atoms with E-state index in [1.54, 1.807) is 38.2 Å². The van der Waals surface area contributed by atoms with E-state index in [-0.39, 0.29) is 17.6 Å². The first-order valence-electron chi connectivity index (χ1n) is 8.36. The zero-order valence-electron chi connectivity index (χ0n) is 14.6. The minimum absolute atomic E-state index is 0.146. The van der Waals surface area contributed by atoms with E-state index < -0.39 is 11.6 Å². The highest BCUT2D eigenvalue weighted by molar-refractivity contribution is 5.93. The highest BCUT2D eigenvalue weighted by atomic mass is 19.1. The van der Waals surface area contributed by atoms with Gasteiger partial charge in [0.2, 0.25) is 11.8 Å². The second-order valence-electron chi connectivity index (χ2n) is 6.63. The summed E-state index contributed by atoms with van der Waals surface area (Å²) in [5.74, 6) is -0.727. The van der Waals surface area contributed by atoms with Gasteiger partial charge in [-0.3, -0.25) is 14.5 Å². The number of carbonyl (C=O) groups is 2. The van der Waals surface area contributed by atoms with Gasteiger partial charge in [0.25, 0.3) is 0 Å². The van der Waals surface area contributed by atoms with Crippen LogP contribution in [-0.2, 0) is 9.59 Å². The van der Waals surface area contributed by atoms with Crippen LogP contribution in [0.25, 0.3) is 0 Å². The van der Waals surface area contributed by atoms with Crippen molar-refractivity contribution in [3.05, 3.63) is 35.6 Å². The van der Waals surface area contributed by atoms with Crippen LogP contribution in [0.3, 0.4) is 0 Å². The molecule has 132 valence electrons. The van der Waals surface area contributed by atoms with Crippen molar-refractivity contribution in [2.45, 2.75) is 43.7 Å². The zero-order valence-corrected chi connectivity index (χ0v) is 14.6. The number of carbonyl (C=O) groups excluding carboxylic acids is 2. The van der Waals surface area contributed by atoms with Crippen LogP contribution in [0.2, 0.25) is 0 Å². The summed E-state index contributed by atoms with van der Waals surface area (Å²) >= 11 is 0. The predicted molar refractivity (Wildman–Crippen MR) is 90.9 cm³/mol. The summed E-state index contributed by atoms with van der Waals surface area (Å²) in [6.07, 6.45) is 4.18. The number of hydrogen-bond donors (Lipinski definition) is 2. The Balaban J connectivity index is 2.25. The predicted octanol–water partition coefficient (Wildman–Crippen LogP) is 1.99. The Bertz CT molecular complexity index is 580. The minimum atomic E-state index is -0.849. The van der Waals surface area contributed by atoms with E-state index >= 15 is 0 Å². The lowest BCUT2D eigenvalue weighted by Gasteiger charge is -2.38. The molecule has 1 aliphatic carbocycles. The van der Waals surface area contributed by atoms with Gasteiger partial charge in [0.1, 0.15) is 17.4 Å². The molecule has 24 heavy (non-hydrogen) atoms. The Kier molecular flexibility index (Phi) is 5.94. The molecular weight excluding hydrogens is 309 g/mol. The molecule has 0 radical (unpaired) electrons. The molecule has 2 amide bonds. The van der Waals surface area contributed by atoms with Crippen molar-refractivity contribution >= 4 is 11.8 Å². The second kappa shape index (κ2) is 7.75. The molecule has 1 aromatic rings. The summed E-state index contributed by atoms with van der Waals surface area (Å²) in [7, 11) is 5.18. The number of amides is 2. The lowest BCUT2D eigenvalue weighted by atomic mass is 9.80. The molecule has 5 nitrogen and oxygen atoms in total. The second-order valence-corrected chi connectivity index (χ2v) is 6.63. The molecule has 2 rings (SSSR count). The molecule has 0 saturated heterocycles. The van der Waals surface area contributed by atoms with Gasteiger partial charge in [-0.1, -0.05) is 31.4 Å². The first kappa shape index (κ1) is 18.4. The molecule has 0 aromatic heterocycles. The van der Waals surface area contributed by atoms with E-state index in [0.717, 1.165) is 19.3 Å². The fourth-order valence-electron chi connectivity index (χ4n) is 3.44. The molecule has 0 heterocycles. The monoisotopic (exact) mass is 335 g/mol. The zero-order chi connectivity index (χ0) is 17.7. The number of nitrogens with one attached hydrogen (secondary N) is 2. The van der Waals surface area contributed by atoms with Gasteiger partial charge in [0, 0.05) is 7.05 Å². The van der Waals surface area contributed by atoms with Gasteiger partial charge in [0.15, 0.2) is 0 Å². The molecule has 1 atom stereocenters. The molecule has 0 unspecified atom stereocenters. The maximum atomic E-state index is 13.2. The number of likely N-dealkylation sites (N-methyl/N-ethyl adjacent to an activating group) is 2. The Labute approximate surface area is 142 Å². The summed E-state index contributed by atoms with van der Waals surface area (Å²) < 4.78 is 13.2. The lowest BCUT2D eigenvalue weighted by Crippen LogP contribution is -2.60. The molecule has 0 bridgehead atoms. The van der Waals surface area contributed by atoms with Gasteiger partial charge < -0.3 is 10.6 Å². The minimum Gasteiger partial charge on any atom is -0.357 e. The Morgan fingerprint density at radius 2 is 1.71 bits per heavy atom. The number of nitrogens with zero attached hydrogens (tertiary/aromatic N) is 1. The molecule has 1 aromatic carbocycles. The van der Waals surface area contributed by atoms with Crippen LogP contribution >= 0.6 is 0 Å². The van der Waals surface area contributed by atoms with Crippen LogP contribution in [0.15, 0.2) is 24.3 Å². The third-order valence-electron chi connectivity index (χ3n) is 4.68. The third kappa shape index (κ3) is 3.93. The van der Waals surface area contributed by atoms with Crippen molar-refractivity contribution in [3.8, 4) is 0 Å². The maximum Gasteiger partial charge on any atom is 0.245 e. The van der Waals surface area contributed by atoms with E-state index in [0.29, 0.717) is 18.4 Å². The van der Waals surface area contributed by atoms with Crippen LogP contribution in [0.5, 0.6) is 0 Å². The summed E-state index contributed by atoms with van der Waals surface area (Å²) in [5, 5.41) is 5.67. The number of benzene rings is 1. The van der Waals surface area contributed by atoms with E-state index in [4.69, 9.17) is 0 Å². The first-order valence-corrected chi connectivity index (χ1v) is 8.36. The van der Waals surface area contributed by atoms with Gasteiger partial charge in [-0.25, -0.2) is 4.39 Å². The molecular formula is C18H26FN3O2. The van der Waals surface area contributed by atoms with Crippen molar-refractivity contribution in [1.29, 1.82) is 0 Å². The summed E-state index contributed by atoms with van der Waals surface area (Å²) in [6, 6.07) is 5.32. The smallest absolute Gasteiger partial charge is 0.245 e. The summed E-state index contributed by atoms with van der Waals surface area (Å²) in [6.45, 7) is 0. The van der Waals surface area contributed by atoms with Crippen LogP contribution < -0.4 is 10.6 Å². The first-order chi connectivity index (χ1) is 11.4. The van der Waals surface area contributed by atoms with Gasteiger partial charge in [-0.2, -0.15) is 0 Å². The fourth-order valence-corrected chi connectivity index (χ4v) is 3.44. The number of rotatable bonds is 5. The van der Waals surface area contributed by atoms with Crippen LogP contribution in [0.1, 0.15) is 43.7 Å². The van der Waals surface area contributed by atoms with Crippen molar-refractivity contribution in [1.82, 2.24) is 15.5 Å². The van der Waals surface area contributed by atoms with Gasteiger partial charge in [-0.15, -0.1) is 0 Å². The van der Waals surface area contributed by atoms with Gasteiger partial charge in [0.05, 0.1) is 0 Å². The Hall–Kier alpha value is -1.95. The summed E-state index contributed by atoms with van der Waals surface area (Å²) in [4.78, 5) is 27.1. The largest absolute Gasteiger partial charge is 0.357 e. The Morgan fingerprint density at radius 3 is 2.21 bits per heavy atom. The third-order valence-corrected chi connectivity index (χ3v) is 4.68. The van der Waals surface area contributed by atoms with Gasteiger partial charge in [-0.05, 0) is 44.6 Å². The highest BCUT2D eigenvalue weighted by Gasteiger charge is 2.41. The van der Waals surface area contributed by atoms with Crippen molar-refractivity contribution in [3.63, 3.8) is 0 Å². The lowest BCUT2D eigenvalue weighted by molar-refractivity contribution is -0.137. The quantitative estimate of drug-likeness (QED) is 0.865. The molecule has 1 aliphatic rings. The maximum absolute atomic E-state index is 13.2. The summed E-state index contributed by atoms with van der Waals surface area (Å²) in [5.41, 5.74) is -0.153. The topological polar surface area (TPSA) is 61.4 Å². The Morgan fingerprint density at radius 1 is 1.12 bits per heavy atom. The van der Waals surface area contributed by atoms with Crippen LogP contribution in [0, 0.1) is 5.82 Å². The molecule has 0 aliphatic heterocycles. The molecule has 1 saturated carbocycles. The van der Waals surface area contributed by atoms with E-state index in [1.807, 2.05) is 0 Å². The fraction of sp³-hybridized carbons (Fsp3) is 0.556. The SMILES string of the molecule is CNC(=O)C1(NC(=O)[C@H](c2ccc(F)cc2)N(C)C)CCCCC1. The van der Waals surface area contributed by atoms with E-state index in [9.17, 15) is 14.0 Å². The van der Waals surface area contributed by atoms with Crippen molar-refractivity contribution in [2.75, 3.05) is 21.1 Å². The van der Waals surface area contributed by atoms with Crippen molar-refractivity contribution in [2.24, 2.45) is 0 Å². The van der Waals surface area contributed by atoms with Crippen molar-refractivity contribution < 1.29 is 14.0 Å². The normalized spacial score (nSPS) is 18.0. The van der Waals surface area contributed by atoms with E-state index in [2.05, 4.69) is 10.6 Å². The van der Waals surface area contributed by atoms with Crippen LogP contribution in [0.4, 0.5) is 4.39 Å². The van der Waals surface area contributed by atoms with E-state index in [1.165, 1.54) is 12.1 Å².